The van der Waals surface area contributed by atoms with Gasteiger partial charge in [-0.25, -0.2) is 0 Å². The van der Waals surface area contributed by atoms with Gasteiger partial charge in [0.25, 0.3) is 0 Å². The third kappa shape index (κ3) is 6.39. The average Bonchev–Trinajstić information content (AvgIpc) is 2.87. The van der Waals surface area contributed by atoms with Crippen LogP contribution < -0.4 is 10.6 Å². The first-order valence-electron chi connectivity index (χ1n) is 6.28. The minimum absolute atomic E-state index is 0.0572. The third-order valence-corrected chi connectivity index (χ3v) is 3.36. The molecule has 1 aromatic rings. The Balaban J connectivity index is 2.05. The normalized spacial score (nSPS) is 10.1. The molecule has 0 spiro atoms. The van der Waals surface area contributed by atoms with Gasteiger partial charge in [0, 0.05) is 17.8 Å². The van der Waals surface area contributed by atoms with Gasteiger partial charge in [0.05, 0.1) is 6.54 Å². The molecule has 5 heteroatoms. The Bertz CT molecular complexity index is 363. The van der Waals surface area contributed by atoms with Gasteiger partial charge in [-0.15, -0.1) is 11.3 Å². The number of hydrogen-bond acceptors (Lipinski definition) is 3. The maximum Gasteiger partial charge on any atom is 0.239 e. The molecule has 0 radical (unpaired) electrons. The van der Waals surface area contributed by atoms with E-state index in [0.29, 0.717) is 13.0 Å². The fourth-order valence-electron chi connectivity index (χ4n) is 1.47. The molecule has 0 aliphatic rings. The van der Waals surface area contributed by atoms with Crippen LogP contribution in [-0.4, -0.2) is 24.9 Å². The zero-order valence-electron chi connectivity index (χ0n) is 10.7. The Labute approximate surface area is 112 Å². The number of nitrogens with one attached hydrogen (secondary N) is 2. The molecule has 0 aliphatic carbocycles. The molecule has 2 amide bonds. The highest BCUT2D eigenvalue weighted by Gasteiger charge is 2.05. The van der Waals surface area contributed by atoms with Gasteiger partial charge in [0.1, 0.15) is 0 Å². The van der Waals surface area contributed by atoms with E-state index in [1.165, 1.54) is 4.88 Å². The van der Waals surface area contributed by atoms with Crippen LogP contribution in [0.5, 0.6) is 0 Å². The lowest BCUT2D eigenvalue weighted by Gasteiger charge is -2.05. The minimum Gasteiger partial charge on any atom is -0.355 e. The zero-order chi connectivity index (χ0) is 13.2. The molecule has 4 nitrogen and oxygen atoms in total. The van der Waals surface area contributed by atoms with E-state index in [2.05, 4.69) is 16.7 Å². The molecule has 0 fully saturated rings. The van der Waals surface area contributed by atoms with Crippen molar-refractivity contribution in [3.63, 3.8) is 0 Å². The molecule has 2 N–H and O–H groups in total. The molecule has 18 heavy (non-hydrogen) atoms. The number of carbonyl (C=O) groups excluding carboxylic acids is 2. The van der Waals surface area contributed by atoms with Gasteiger partial charge in [-0.1, -0.05) is 13.0 Å². The first-order valence-corrected chi connectivity index (χ1v) is 7.16. The Morgan fingerprint density at radius 2 is 2.11 bits per heavy atom. The van der Waals surface area contributed by atoms with E-state index >= 15 is 0 Å². The average molecular weight is 268 g/mol. The predicted molar refractivity (Wildman–Crippen MR) is 73.6 cm³/mol. The SMILES string of the molecule is CCCNC(=O)CNC(=O)CCCc1cccs1. The minimum atomic E-state index is -0.122. The van der Waals surface area contributed by atoms with Crippen molar-refractivity contribution in [1.29, 1.82) is 0 Å². The number of aryl methyl sites for hydroxylation is 1. The molecule has 0 atom stereocenters. The van der Waals surface area contributed by atoms with E-state index in [-0.39, 0.29) is 18.4 Å². The zero-order valence-corrected chi connectivity index (χ0v) is 11.5. The topological polar surface area (TPSA) is 58.2 Å². The van der Waals surface area contributed by atoms with E-state index in [4.69, 9.17) is 0 Å². The largest absolute Gasteiger partial charge is 0.355 e. The molecule has 1 heterocycles. The summed E-state index contributed by atoms with van der Waals surface area (Å²) in [5.74, 6) is -0.179. The van der Waals surface area contributed by atoms with E-state index < -0.39 is 0 Å². The van der Waals surface area contributed by atoms with E-state index in [0.717, 1.165) is 19.3 Å². The van der Waals surface area contributed by atoms with E-state index in [9.17, 15) is 9.59 Å². The molecule has 1 rings (SSSR count). The van der Waals surface area contributed by atoms with Crippen molar-refractivity contribution in [1.82, 2.24) is 10.6 Å². The summed E-state index contributed by atoms with van der Waals surface area (Å²) in [6.45, 7) is 2.73. The maximum atomic E-state index is 11.5. The van der Waals surface area contributed by atoms with Gasteiger partial charge in [-0.2, -0.15) is 0 Å². The fourth-order valence-corrected chi connectivity index (χ4v) is 2.22. The molecule has 0 bridgehead atoms. The molecule has 0 aliphatic heterocycles. The lowest BCUT2D eigenvalue weighted by molar-refractivity contribution is -0.126. The summed E-state index contributed by atoms with van der Waals surface area (Å²) >= 11 is 1.71. The standard InChI is InChI=1S/C13H20N2O2S/c1-2-8-14-13(17)10-15-12(16)7-3-5-11-6-4-9-18-11/h4,6,9H,2-3,5,7-8,10H2,1H3,(H,14,17)(H,15,16). The van der Waals surface area contributed by atoms with Crippen molar-refractivity contribution in [2.45, 2.75) is 32.6 Å². The first kappa shape index (κ1) is 14.7. The van der Waals surface area contributed by atoms with Crippen molar-refractivity contribution < 1.29 is 9.59 Å². The second kappa shape index (κ2) is 8.69. The summed E-state index contributed by atoms with van der Waals surface area (Å²) < 4.78 is 0. The lowest BCUT2D eigenvalue weighted by Crippen LogP contribution is -2.37. The van der Waals surface area contributed by atoms with Crippen LogP contribution in [0.2, 0.25) is 0 Å². The molecule has 0 saturated heterocycles. The Morgan fingerprint density at radius 3 is 2.78 bits per heavy atom. The van der Waals surface area contributed by atoms with Crippen molar-refractivity contribution in [3.8, 4) is 0 Å². The molecule has 0 saturated carbocycles. The lowest BCUT2D eigenvalue weighted by atomic mass is 10.2. The van der Waals surface area contributed by atoms with Gasteiger partial charge in [-0.05, 0) is 30.7 Å². The smallest absolute Gasteiger partial charge is 0.239 e. The second-order valence-electron chi connectivity index (χ2n) is 4.06. The quantitative estimate of drug-likeness (QED) is 0.754. The highest BCUT2D eigenvalue weighted by molar-refractivity contribution is 7.09. The summed E-state index contributed by atoms with van der Waals surface area (Å²) in [6, 6.07) is 4.08. The Hall–Kier alpha value is -1.36. The Morgan fingerprint density at radius 1 is 1.28 bits per heavy atom. The van der Waals surface area contributed by atoms with Crippen LogP contribution in [-0.2, 0) is 16.0 Å². The number of hydrogen-bond donors (Lipinski definition) is 2. The van der Waals surface area contributed by atoms with E-state index in [1.54, 1.807) is 11.3 Å². The van der Waals surface area contributed by atoms with Gasteiger partial charge in [0.2, 0.25) is 11.8 Å². The number of carbonyl (C=O) groups is 2. The number of rotatable bonds is 8. The van der Waals surface area contributed by atoms with Crippen molar-refractivity contribution in [2.75, 3.05) is 13.1 Å². The third-order valence-electron chi connectivity index (χ3n) is 2.43. The summed E-state index contributed by atoms with van der Waals surface area (Å²) in [7, 11) is 0. The predicted octanol–water partition coefficient (Wildman–Crippen LogP) is 1.71. The van der Waals surface area contributed by atoms with Crippen LogP contribution in [0, 0.1) is 0 Å². The van der Waals surface area contributed by atoms with Gasteiger partial charge >= 0.3 is 0 Å². The van der Waals surface area contributed by atoms with Gasteiger partial charge in [0.15, 0.2) is 0 Å². The van der Waals surface area contributed by atoms with Crippen LogP contribution in [0.4, 0.5) is 0 Å². The highest BCUT2D eigenvalue weighted by Crippen LogP contribution is 2.11. The van der Waals surface area contributed by atoms with Gasteiger partial charge in [-0.3, -0.25) is 9.59 Å². The summed E-state index contributed by atoms with van der Waals surface area (Å²) in [5.41, 5.74) is 0. The summed E-state index contributed by atoms with van der Waals surface area (Å²) in [6.07, 6.45) is 3.12. The van der Waals surface area contributed by atoms with Crippen molar-refractivity contribution in [2.24, 2.45) is 0 Å². The fraction of sp³-hybridized carbons (Fsp3) is 0.538. The first-order chi connectivity index (χ1) is 8.72. The molecular formula is C13H20N2O2S. The van der Waals surface area contributed by atoms with Crippen LogP contribution in [0.15, 0.2) is 17.5 Å². The van der Waals surface area contributed by atoms with Crippen LogP contribution >= 0.6 is 11.3 Å². The summed E-state index contributed by atoms with van der Waals surface area (Å²) in [5, 5.41) is 7.37. The van der Waals surface area contributed by atoms with Crippen LogP contribution in [0.1, 0.15) is 31.1 Å². The van der Waals surface area contributed by atoms with Crippen LogP contribution in [0.25, 0.3) is 0 Å². The monoisotopic (exact) mass is 268 g/mol. The second-order valence-corrected chi connectivity index (χ2v) is 5.09. The molecule has 0 unspecified atom stereocenters. The van der Waals surface area contributed by atoms with E-state index in [1.807, 2.05) is 18.4 Å². The maximum absolute atomic E-state index is 11.5. The van der Waals surface area contributed by atoms with Crippen LogP contribution in [0.3, 0.4) is 0 Å². The van der Waals surface area contributed by atoms with Crippen molar-refractivity contribution >= 4 is 23.2 Å². The van der Waals surface area contributed by atoms with Crippen molar-refractivity contribution in [3.05, 3.63) is 22.4 Å². The molecule has 1 aromatic heterocycles. The van der Waals surface area contributed by atoms with Gasteiger partial charge < -0.3 is 10.6 Å². The Kier molecular flexibility index (Phi) is 7.10. The molecular weight excluding hydrogens is 248 g/mol. The number of thiophene rings is 1. The molecule has 100 valence electrons. The summed E-state index contributed by atoms with van der Waals surface area (Å²) in [4.78, 5) is 24.0. The molecule has 0 aromatic carbocycles. The highest BCUT2D eigenvalue weighted by atomic mass is 32.1. The number of amides is 2.